The molecule has 1 aromatic carbocycles. The van der Waals surface area contributed by atoms with Crippen LogP contribution in [0.15, 0.2) is 22.7 Å². The van der Waals surface area contributed by atoms with Crippen molar-refractivity contribution >= 4 is 15.9 Å². The maximum Gasteiger partial charge on any atom is 0.128 e. The molecule has 0 saturated carbocycles. The summed E-state index contributed by atoms with van der Waals surface area (Å²) in [5.74, 6) is -0.850. The molecule has 2 rings (SSSR count). The quantitative estimate of drug-likeness (QED) is 0.882. The molecule has 0 saturated heterocycles. The van der Waals surface area contributed by atoms with E-state index in [1.54, 1.807) is 7.05 Å². The molecule has 1 atom stereocenters. The van der Waals surface area contributed by atoms with Crippen LogP contribution in [0.2, 0.25) is 0 Å². The van der Waals surface area contributed by atoms with Crippen LogP contribution in [-0.4, -0.2) is 16.8 Å². The Kier molecular flexibility index (Phi) is 5.11. The van der Waals surface area contributed by atoms with Crippen LogP contribution in [0.5, 0.6) is 0 Å². The van der Waals surface area contributed by atoms with Crippen molar-refractivity contribution in [1.82, 2.24) is 15.1 Å². The van der Waals surface area contributed by atoms with Gasteiger partial charge < -0.3 is 5.32 Å². The predicted octanol–water partition coefficient (Wildman–Crippen LogP) is 3.76. The molecule has 0 bridgehead atoms. The molecule has 1 heterocycles. The van der Waals surface area contributed by atoms with E-state index < -0.39 is 11.6 Å². The number of nitrogens with one attached hydrogen (secondary N) is 1. The largest absolute Gasteiger partial charge is 0.313 e. The van der Waals surface area contributed by atoms with Gasteiger partial charge in [0.1, 0.15) is 11.6 Å². The number of hydrogen-bond donors (Lipinski definition) is 1. The van der Waals surface area contributed by atoms with Crippen LogP contribution in [0.3, 0.4) is 0 Å². The average Bonchev–Trinajstić information content (AvgIpc) is 2.74. The summed E-state index contributed by atoms with van der Waals surface area (Å²) in [5, 5.41) is 7.48. The van der Waals surface area contributed by atoms with Gasteiger partial charge in [-0.25, -0.2) is 8.78 Å². The number of nitrogens with zero attached hydrogens (tertiary/aromatic N) is 2. The number of hydrogen-bond acceptors (Lipinski definition) is 2. The van der Waals surface area contributed by atoms with Crippen molar-refractivity contribution in [2.24, 2.45) is 0 Å². The number of aryl methyl sites for hydroxylation is 2. The Balaban J connectivity index is 2.38. The summed E-state index contributed by atoms with van der Waals surface area (Å²) in [6.07, 6.45) is 0.520. The van der Waals surface area contributed by atoms with Crippen LogP contribution in [0, 0.1) is 18.6 Å². The second-order valence-electron chi connectivity index (χ2n) is 4.87. The first-order valence-corrected chi connectivity index (χ1v) is 7.61. The lowest BCUT2D eigenvalue weighted by Gasteiger charge is -2.18. The average molecular weight is 358 g/mol. The minimum Gasteiger partial charge on any atom is -0.313 e. The number of likely N-dealkylation sites (N-methyl/N-ethyl adjacent to an activating group) is 1. The Morgan fingerprint density at radius 3 is 2.71 bits per heavy atom. The molecule has 114 valence electrons. The summed E-state index contributed by atoms with van der Waals surface area (Å²) in [7, 11) is 1.74. The number of rotatable bonds is 5. The highest BCUT2D eigenvalue weighted by molar-refractivity contribution is 9.10. The van der Waals surface area contributed by atoms with Crippen molar-refractivity contribution in [2.45, 2.75) is 32.9 Å². The summed E-state index contributed by atoms with van der Waals surface area (Å²) in [4.78, 5) is 0. The lowest BCUT2D eigenvalue weighted by molar-refractivity contribution is 0.502. The minimum atomic E-state index is -0.439. The van der Waals surface area contributed by atoms with Crippen molar-refractivity contribution in [3.05, 3.63) is 51.3 Å². The monoisotopic (exact) mass is 357 g/mol. The summed E-state index contributed by atoms with van der Waals surface area (Å²) in [5.41, 5.74) is 2.19. The number of halogens is 3. The molecule has 3 nitrogen and oxygen atoms in total. The third kappa shape index (κ3) is 3.32. The van der Waals surface area contributed by atoms with Crippen LogP contribution in [0.1, 0.15) is 29.9 Å². The van der Waals surface area contributed by atoms with E-state index in [1.165, 1.54) is 6.07 Å². The maximum absolute atomic E-state index is 14.0. The molecule has 2 aromatic rings. The van der Waals surface area contributed by atoms with Crippen molar-refractivity contribution in [1.29, 1.82) is 0 Å². The second kappa shape index (κ2) is 6.66. The number of aromatic nitrogens is 2. The molecule has 0 aliphatic rings. The van der Waals surface area contributed by atoms with Crippen LogP contribution in [-0.2, 0) is 13.0 Å². The minimum absolute atomic E-state index is 0.321. The topological polar surface area (TPSA) is 29.9 Å². The molecule has 6 heteroatoms. The standard InChI is InChI=1S/C15H18BrF2N3/c1-4-21-14(15(16)9(2)20-21)8-13(19-3)11-7-10(17)5-6-12(11)18/h5-7,13,19H,4,8H2,1-3H3. The van der Waals surface area contributed by atoms with E-state index in [9.17, 15) is 8.78 Å². The van der Waals surface area contributed by atoms with E-state index in [0.29, 0.717) is 12.0 Å². The molecule has 0 spiro atoms. The lowest BCUT2D eigenvalue weighted by atomic mass is 10.0. The molecule has 0 fully saturated rings. The van der Waals surface area contributed by atoms with Crippen LogP contribution in [0.25, 0.3) is 0 Å². The number of benzene rings is 1. The molecule has 1 unspecified atom stereocenters. The van der Waals surface area contributed by atoms with Crippen molar-refractivity contribution in [3.63, 3.8) is 0 Å². The SMILES string of the molecule is CCn1nc(C)c(Br)c1CC(NC)c1cc(F)ccc1F. The highest BCUT2D eigenvalue weighted by Crippen LogP contribution is 2.28. The van der Waals surface area contributed by atoms with Gasteiger partial charge in [0.25, 0.3) is 0 Å². The van der Waals surface area contributed by atoms with E-state index >= 15 is 0 Å². The van der Waals surface area contributed by atoms with E-state index in [0.717, 1.165) is 34.5 Å². The molecule has 21 heavy (non-hydrogen) atoms. The van der Waals surface area contributed by atoms with Gasteiger partial charge in [0, 0.05) is 24.6 Å². The zero-order valence-corrected chi connectivity index (χ0v) is 13.8. The van der Waals surface area contributed by atoms with Gasteiger partial charge in [-0.15, -0.1) is 0 Å². The van der Waals surface area contributed by atoms with Crippen LogP contribution >= 0.6 is 15.9 Å². The van der Waals surface area contributed by atoms with Gasteiger partial charge >= 0.3 is 0 Å². The molecule has 1 N–H and O–H groups in total. The zero-order chi connectivity index (χ0) is 15.6. The Morgan fingerprint density at radius 2 is 2.10 bits per heavy atom. The molecule has 0 amide bonds. The summed E-state index contributed by atoms with van der Waals surface area (Å²) in [6, 6.07) is 3.21. The van der Waals surface area contributed by atoms with Gasteiger partial charge in [-0.05, 0) is 55.0 Å². The highest BCUT2D eigenvalue weighted by atomic mass is 79.9. The van der Waals surface area contributed by atoms with Gasteiger partial charge in [0.15, 0.2) is 0 Å². The van der Waals surface area contributed by atoms with E-state index in [-0.39, 0.29) is 6.04 Å². The molecule has 0 aliphatic heterocycles. The van der Waals surface area contributed by atoms with Gasteiger partial charge in [-0.2, -0.15) is 5.10 Å². The Labute approximate surface area is 131 Å². The third-order valence-electron chi connectivity index (χ3n) is 3.53. The fourth-order valence-electron chi connectivity index (χ4n) is 2.41. The maximum atomic E-state index is 14.0. The van der Waals surface area contributed by atoms with Crippen molar-refractivity contribution in [2.75, 3.05) is 7.05 Å². The molecular formula is C15H18BrF2N3. The van der Waals surface area contributed by atoms with Gasteiger partial charge in [-0.3, -0.25) is 4.68 Å². The van der Waals surface area contributed by atoms with E-state index in [4.69, 9.17) is 0 Å². The van der Waals surface area contributed by atoms with Crippen molar-refractivity contribution < 1.29 is 8.78 Å². The van der Waals surface area contributed by atoms with Gasteiger partial charge in [0.05, 0.1) is 15.9 Å². The Hall–Kier alpha value is -1.27. The second-order valence-corrected chi connectivity index (χ2v) is 5.67. The van der Waals surface area contributed by atoms with Gasteiger partial charge in [-0.1, -0.05) is 0 Å². The molecule has 0 aliphatic carbocycles. The Bertz CT molecular complexity index is 640. The highest BCUT2D eigenvalue weighted by Gasteiger charge is 2.20. The predicted molar refractivity (Wildman–Crippen MR) is 82.2 cm³/mol. The summed E-state index contributed by atoms with van der Waals surface area (Å²) < 4.78 is 30.1. The molecule has 0 radical (unpaired) electrons. The van der Waals surface area contributed by atoms with E-state index in [2.05, 4.69) is 26.3 Å². The fraction of sp³-hybridized carbons (Fsp3) is 0.400. The molecular weight excluding hydrogens is 340 g/mol. The first kappa shape index (κ1) is 16.1. The van der Waals surface area contributed by atoms with Crippen molar-refractivity contribution in [3.8, 4) is 0 Å². The van der Waals surface area contributed by atoms with Crippen LogP contribution < -0.4 is 5.32 Å². The first-order chi connectivity index (χ1) is 9.97. The van der Waals surface area contributed by atoms with Crippen LogP contribution in [0.4, 0.5) is 8.78 Å². The summed E-state index contributed by atoms with van der Waals surface area (Å²) in [6.45, 7) is 4.64. The van der Waals surface area contributed by atoms with Gasteiger partial charge in [0.2, 0.25) is 0 Å². The molecule has 1 aromatic heterocycles. The Morgan fingerprint density at radius 1 is 1.38 bits per heavy atom. The fourth-order valence-corrected chi connectivity index (χ4v) is 2.85. The van der Waals surface area contributed by atoms with E-state index in [1.807, 2.05) is 18.5 Å². The normalized spacial score (nSPS) is 12.7. The smallest absolute Gasteiger partial charge is 0.128 e. The third-order valence-corrected chi connectivity index (χ3v) is 4.56. The lowest BCUT2D eigenvalue weighted by Crippen LogP contribution is -2.22. The first-order valence-electron chi connectivity index (χ1n) is 6.81. The zero-order valence-electron chi connectivity index (χ0n) is 12.3. The summed E-state index contributed by atoms with van der Waals surface area (Å²) >= 11 is 3.53.